The molecule has 1 N–H and O–H groups in total. The molecule has 0 atom stereocenters. The van der Waals surface area contributed by atoms with Crippen molar-refractivity contribution in [2.75, 3.05) is 6.61 Å². The number of hydrogen-bond acceptors (Lipinski definition) is 2. The van der Waals surface area contributed by atoms with Crippen molar-refractivity contribution in [3.05, 3.63) is 29.3 Å². The van der Waals surface area contributed by atoms with Gasteiger partial charge in [0.2, 0.25) is 0 Å². The van der Waals surface area contributed by atoms with Crippen LogP contribution in [0.3, 0.4) is 0 Å². The summed E-state index contributed by atoms with van der Waals surface area (Å²) in [5.41, 5.74) is 1.21. The van der Waals surface area contributed by atoms with Crippen LogP contribution in [0.5, 0.6) is 5.75 Å². The van der Waals surface area contributed by atoms with Gasteiger partial charge in [0.1, 0.15) is 5.75 Å². The van der Waals surface area contributed by atoms with Crippen molar-refractivity contribution in [1.29, 1.82) is 0 Å². The van der Waals surface area contributed by atoms with E-state index in [1.165, 1.54) is 57.8 Å². The number of carbonyl (C=O) groups is 1. The SMILES string of the molecule is CCCCCCCCCCCCOc1cc(C)cc(C(=O)O)c1. The number of carboxylic acids is 1. The highest BCUT2D eigenvalue weighted by Crippen LogP contribution is 2.18. The topological polar surface area (TPSA) is 46.5 Å². The first kappa shape index (κ1) is 19.5. The van der Waals surface area contributed by atoms with Gasteiger partial charge in [0.15, 0.2) is 0 Å². The Morgan fingerprint density at radius 1 is 0.913 bits per heavy atom. The van der Waals surface area contributed by atoms with E-state index in [0.717, 1.165) is 12.0 Å². The fourth-order valence-electron chi connectivity index (χ4n) is 2.73. The number of aromatic carboxylic acids is 1. The van der Waals surface area contributed by atoms with E-state index in [1.54, 1.807) is 12.1 Å². The summed E-state index contributed by atoms with van der Waals surface area (Å²) >= 11 is 0. The molecule has 0 saturated heterocycles. The Labute approximate surface area is 141 Å². The molecule has 0 aliphatic carbocycles. The molecule has 0 radical (unpaired) electrons. The molecule has 1 rings (SSSR count). The first-order valence-electron chi connectivity index (χ1n) is 9.11. The lowest BCUT2D eigenvalue weighted by molar-refractivity contribution is 0.0696. The fourth-order valence-corrected chi connectivity index (χ4v) is 2.73. The normalized spacial score (nSPS) is 10.7. The molecule has 0 unspecified atom stereocenters. The average Bonchev–Trinajstić information content (AvgIpc) is 2.52. The molecule has 0 bridgehead atoms. The highest BCUT2D eigenvalue weighted by atomic mass is 16.5. The summed E-state index contributed by atoms with van der Waals surface area (Å²) in [6.07, 6.45) is 13.0. The zero-order valence-electron chi connectivity index (χ0n) is 14.8. The minimum atomic E-state index is -0.905. The van der Waals surface area contributed by atoms with Crippen molar-refractivity contribution in [1.82, 2.24) is 0 Å². The first-order chi connectivity index (χ1) is 11.1. The molecule has 0 aliphatic heterocycles. The molecule has 0 fully saturated rings. The Morgan fingerprint density at radius 2 is 1.48 bits per heavy atom. The first-order valence-corrected chi connectivity index (χ1v) is 9.11. The molecule has 1 aromatic rings. The quantitative estimate of drug-likeness (QED) is 0.454. The lowest BCUT2D eigenvalue weighted by Gasteiger charge is -2.08. The lowest BCUT2D eigenvalue weighted by atomic mass is 10.1. The second kappa shape index (κ2) is 12.0. The molecule has 0 saturated carbocycles. The van der Waals surface area contributed by atoms with E-state index >= 15 is 0 Å². The van der Waals surface area contributed by atoms with Crippen LogP contribution in [0.25, 0.3) is 0 Å². The van der Waals surface area contributed by atoms with Crippen molar-refractivity contribution >= 4 is 5.97 Å². The van der Waals surface area contributed by atoms with Gasteiger partial charge in [0.25, 0.3) is 0 Å². The summed E-state index contributed by atoms with van der Waals surface area (Å²) in [7, 11) is 0. The van der Waals surface area contributed by atoms with Crippen molar-refractivity contribution in [2.24, 2.45) is 0 Å². The second-order valence-corrected chi connectivity index (χ2v) is 6.37. The third kappa shape index (κ3) is 9.27. The molecule has 23 heavy (non-hydrogen) atoms. The molecule has 130 valence electrons. The Hall–Kier alpha value is -1.51. The summed E-state index contributed by atoms with van der Waals surface area (Å²) < 4.78 is 5.69. The number of carboxylic acid groups (broad SMARTS) is 1. The van der Waals surface area contributed by atoms with Crippen LogP contribution in [0.4, 0.5) is 0 Å². The van der Waals surface area contributed by atoms with Crippen molar-refractivity contribution in [3.63, 3.8) is 0 Å². The average molecular weight is 320 g/mol. The number of ether oxygens (including phenoxy) is 1. The van der Waals surface area contributed by atoms with Crippen LogP contribution >= 0.6 is 0 Å². The molecule has 0 aromatic heterocycles. The van der Waals surface area contributed by atoms with Crippen LogP contribution in [0.2, 0.25) is 0 Å². The Balaban J connectivity index is 2.06. The summed E-state index contributed by atoms with van der Waals surface area (Å²) in [6, 6.07) is 5.16. The van der Waals surface area contributed by atoms with E-state index < -0.39 is 5.97 Å². The minimum Gasteiger partial charge on any atom is -0.494 e. The van der Waals surface area contributed by atoms with Gasteiger partial charge in [-0.2, -0.15) is 0 Å². The van der Waals surface area contributed by atoms with Crippen LogP contribution in [0, 0.1) is 6.92 Å². The molecule has 1 aromatic carbocycles. The largest absolute Gasteiger partial charge is 0.494 e. The monoisotopic (exact) mass is 320 g/mol. The van der Waals surface area contributed by atoms with E-state index in [4.69, 9.17) is 9.84 Å². The number of rotatable bonds is 13. The maximum absolute atomic E-state index is 11.0. The van der Waals surface area contributed by atoms with Gasteiger partial charge in [-0.15, -0.1) is 0 Å². The van der Waals surface area contributed by atoms with Gasteiger partial charge in [-0.05, 0) is 37.1 Å². The summed E-state index contributed by atoms with van der Waals surface area (Å²) in [4.78, 5) is 11.0. The van der Waals surface area contributed by atoms with Gasteiger partial charge in [-0.3, -0.25) is 0 Å². The smallest absolute Gasteiger partial charge is 0.335 e. The number of unbranched alkanes of at least 4 members (excludes halogenated alkanes) is 9. The standard InChI is InChI=1S/C20H32O3/c1-3-4-5-6-7-8-9-10-11-12-13-23-19-15-17(2)14-18(16-19)20(21)22/h14-16H,3-13H2,1-2H3,(H,21,22). The van der Waals surface area contributed by atoms with E-state index in [2.05, 4.69) is 6.92 Å². The molecule has 0 heterocycles. The minimum absolute atomic E-state index is 0.295. The fraction of sp³-hybridized carbons (Fsp3) is 0.650. The van der Waals surface area contributed by atoms with Crippen molar-refractivity contribution in [3.8, 4) is 5.75 Å². The lowest BCUT2D eigenvalue weighted by Crippen LogP contribution is -2.01. The number of aryl methyl sites for hydroxylation is 1. The maximum Gasteiger partial charge on any atom is 0.335 e. The maximum atomic E-state index is 11.0. The van der Waals surface area contributed by atoms with Crippen LogP contribution < -0.4 is 4.74 Å². The van der Waals surface area contributed by atoms with Crippen LogP contribution in [0.15, 0.2) is 18.2 Å². The zero-order valence-corrected chi connectivity index (χ0v) is 14.8. The van der Waals surface area contributed by atoms with E-state index in [9.17, 15) is 4.79 Å². The van der Waals surface area contributed by atoms with E-state index in [0.29, 0.717) is 17.9 Å². The predicted octanol–water partition coefficient (Wildman–Crippen LogP) is 5.99. The van der Waals surface area contributed by atoms with Crippen molar-refractivity contribution < 1.29 is 14.6 Å². The third-order valence-electron chi connectivity index (χ3n) is 4.06. The highest BCUT2D eigenvalue weighted by Gasteiger charge is 2.06. The molecule has 3 heteroatoms. The molecular formula is C20H32O3. The van der Waals surface area contributed by atoms with E-state index in [-0.39, 0.29) is 0 Å². The predicted molar refractivity (Wildman–Crippen MR) is 95.5 cm³/mol. The number of benzene rings is 1. The summed E-state index contributed by atoms with van der Waals surface area (Å²) in [5.74, 6) is -0.240. The Kier molecular flexibility index (Phi) is 10.2. The molecule has 0 amide bonds. The molecule has 0 spiro atoms. The van der Waals surface area contributed by atoms with Crippen LogP contribution in [-0.4, -0.2) is 17.7 Å². The zero-order chi connectivity index (χ0) is 16.9. The van der Waals surface area contributed by atoms with Gasteiger partial charge in [0, 0.05) is 0 Å². The van der Waals surface area contributed by atoms with Crippen molar-refractivity contribution in [2.45, 2.75) is 78.1 Å². The molecule has 3 nitrogen and oxygen atoms in total. The molecule has 0 aliphatic rings. The second-order valence-electron chi connectivity index (χ2n) is 6.37. The summed E-state index contributed by atoms with van der Waals surface area (Å²) in [5, 5.41) is 9.04. The van der Waals surface area contributed by atoms with E-state index in [1.807, 2.05) is 13.0 Å². The van der Waals surface area contributed by atoms with Gasteiger partial charge in [-0.1, -0.05) is 64.7 Å². The Bertz CT molecular complexity index is 454. The van der Waals surface area contributed by atoms with Gasteiger partial charge in [0.05, 0.1) is 12.2 Å². The van der Waals surface area contributed by atoms with Crippen LogP contribution in [0.1, 0.15) is 87.1 Å². The third-order valence-corrected chi connectivity index (χ3v) is 4.06. The van der Waals surface area contributed by atoms with Gasteiger partial charge < -0.3 is 9.84 Å². The Morgan fingerprint density at radius 3 is 2.04 bits per heavy atom. The van der Waals surface area contributed by atoms with Gasteiger partial charge in [-0.25, -0.2) is 4.79 Å². The molecular weight excluding hydrogens is 288 g/mol. The number of hydrogen-bond donors (Lipinski definition) is 1. The van der Waals surface area contributed by atoms with Gasteiger partial charge >= 0.3 is 5.97 Å². The summed E-state index contributed by atoms with van der Waals surface area (Å²) in [6.45, 7) is 4.81. The van der Waals surface area contributed by atoms with Crippen LogP contribution in [-0.2, 0) is 0 Å². The highest BCUT2D eigenvalue weighted by molar-refractivity contribution is 5.88.